The fraction of sp³-hybridized carbons (Fsp3) is 0.367. The summed E-state index contributed by atoms with van der Waals surface area (Å²) < 4.78 is 34.7. The van der Waals surface area contributed by atoms with Gasteiger partial charge in [-0.05, 0) is 80.1 Å². The molecule has 1 aliphatic rings. The lowest BCUT2D eigenvalue weighted by Gasteiger charge is -2.28. The van der Waals surface area contributed by atoms with Gasteiger partial charge in [0.15, 0.2) is 0 Å². The largest absolute Gasteiger partial charge is 0.478 e. The van der Waals surface area contributed by atoms with Gasteiger partial charge < -0.3 is 14.9 Å². The minimum Gasteiger partial charge on any atom is -0.478 e. The standard InChI is InChI=1S/C30H33F2NO4/c1-19-9-10-21(15-28(19)31)14-23-6-5-13-33(23)17-24(34)18-37-20(2)25-7-3-4-8-26(25)27-12-11-22(30(35)36)16-29(27)32/h3-4,7-12,15-16,20,23-24,34H,5-6,13-14,17-18H2,1-2H3,(H,35,36)/t20-,23+,24-/m1/s1. The minimum atomic E-state index is -1.18. The summed E-state index contributed by atoms with van der Waals surface area (Å²) in [5.74, 6) is -1.99. The smallest absolute Gasteiger partial charge is 0.335 e. The number of aromatic carboxylic acids is 1. The van der Waals surface area contributed by atoms with Gasteiger partial charge in [0.25, 0.3) is 0 Å². The predicted octanol–water partition coefficient (Wildman–Crippen LogP) is 5.78. The first-order valence-electron chi connectivity index (χ1n) is 12.6. The van der Waals surface area contributed by atoms with E-state index in [9.17, 15) is 18.7 Å². The summed E-state index contributed by atoms with van der Waals surface area (Å²) in [5, 5.41) is 19.9. The Kier molecular flexibility index (Phi) is 8.69. The van der Waals surface area contributed by atoms with Gasteiger partial charge in [-0.15, -0.1) is 0 Å². The summed E-state index contributed by atoms with van der Waals surface area (Å²) >= 11 is 0. The number of carboxylic acid groups (broad SMARTS) is 1. The second kappa shape index (κ2) is 11.9. The molecule has 3 aromatic carbocycles. The van der Waals surface area contributed by atoms with E-state index in [0.29, 0.717) is 23.2 Å². The van der Waals surface area contributed by atoms with Gasteiger partial charge in [-0.1, -0.05) is 42.5 Å². The lowest BCUT2D eigenvalue weighted by Crippen LogP contribution is -2.39. The van der Waals surface area contributed by atoms with Crippen LogP contribution >= 0.6 is 0 Å². The zero-order valence-electron chi connectivity index (χ0n) is 21.2. The third-order valence-corrected chi connectivity index (χ3v) is 7.10. The lowest BCUT2D eigenvalue weighted by atomic mass is 9.95. The van der Waals surface area contributed by atoms with Crippen molar-refractivity contribution in [3.8, 4) is 11.1 Å². The van der Waals surface area contributed by atoms with Crippen LogP contribution in [0.5, 0.6) is 0 Å². The van der Waals surface area contributed by atoms with Crippen LogP contribution in [0.25, 0.3) is 11.1 Å². The number of β-amino-alcohol motifs (C(OH)–C–C–N with tert-alkyl or cyclic N) is 1. The van der Waals surface area contributed by atoms with Crippen molar-refractivity contribution in [1.82, 2.24) is 4.90 Å². The molecule has 0 aromatic heterocycles. The molecule has 0 bridgehead atoms. The molecular formula is C30H33F2NO4. The number of carboxylic acids is 1. The summed E-state index contributed by atoms with van der Waals surface area (Å²) in [6, 6.07) is 16.7. The Hall–Kier alpha value is -3.13. The van der Waals surface area contributed by atoms with Crippen molar-refractivity contribution in [2.75, 3.05) is 19.7 Å². The van der Waals surface area contributed by atoms with E-state index in [1.54, 1.807) is 31.2 Å². The monoisotopic (exact) mass is 509 g/mol. The van der Waals surface area contributed by atoms with E-state index < -0.39 is 24.0 Å². The number of aliphatic hydroxyl groups is 1. The van der Waals surface area contributed by atoms with E-state index >= 15 is 0 Å². The Morgan fingerprint density at radius 1 is 1.08 bits per heavy atom. The van der Waals surface area contributed by atoms with Gasteiger partial charge >= 0.3 is 5.97 Å². The third kappa shape index (κ3) is 6.60. The molecule has 5 nitrogen and oxygen atoms in total. The SMILES string of the molecule is Cc1ccc(C[C@@H]2CCCN2C[C@@H](O)CO[C@H](C)c2ccccc2-c2ccc(C(=O)O)cc2F)cc1F. The second-order valence-corrected chi connectivity index (χ2v) is 9.80. The van der Waals surface area contributed by atoms with Gasteiger partial charge in [0.05, 0.1) is 24.4 Å². The molecule has 37 heavy (non-hydrogen) atoms. The molecule has 2 N–H and O–H groups in total. The number of likely N-dealkylation sites (tertiary alicyclic amines) is 1. The van der Waals surface area contributed by atoms with E-state index in [-0.39, 0.29) is 24.0 Å². The molecule has 1 aliphatic heterocycles. The summed E-state index contributed by atoms with van der Waals surface area (Å²) in [5.41, 5.74) is 3.14. The predicted molar refractivity (Wildman–Crippen MR) is 139 cm³/mol. The van der Waals surface area contributed by atoms with Crippen LogP contribution in [0.3, 0.4) is 0 Å². The van der Waals surface area contributed by atoms with Crippen molar-refractivity contribution in [1.29, 1.82) is 0 Å². The van der Waals surface area contributed by atoms with Crippen molar-refractivity contribution in [3.05, 3.63) is 94.6 Å². The normalized spacial score (nSPS) is 17.6. The van der Waals surface area contributed by atoms with Gasteiger partial charge in [0.1, 0.15) is 11.6 Å². The molecule has 0 amide bonds. The van der Waals surface area contributed by atoms with Gasteiger partial charge in [-0.25, -0.2) is 13.6 Å². The van der Waals surface area contributed by atoms with Crippen molar-refractivity contribution < 1.29 is 28.5 Å². The first-order valence-corrected chi connectivity index (χ1v) is 12.6. The lowest BCUT2D eigenvalue weighted by molar-refractivity contribution is -0.0169. The number of nitrogens with zero attached hydrogens (tertiary/aromatic N) is 1. The highest BCUT2D eigenvalue weighted by molar-refractivity contribution is 5.88. The molecule has 1 fully saturated rings. The van der Waals surface area contributed by atoms with Crippen LogP contribution in [0.15, 0.2) is 60.7 Å². The summed E-state index contributed by atoms with van der Waals surface area (Å²) in [7, 11) is 0. The number of halogens is 2. The highest BCUT2D eigenvalue weighted by Gasteiger charge is 2.27. The molecule has 1 heterocycles. The molecule has 0 unspecified atom stereocenters. The molecule has 0 spiro atoms. The Labute approximate surface area is 216 Å². The first kappa shape index (κ1) is 26.9. The molecule has 0 aliphatic carbocycles. The van der Waals surface area contributed by atoms with Crippen molar-refractivity contribution in [3.63, 3.8) is 0 Å². The highest BCUT2D eigenvalue weighted by atomic mass is 19.1. The summed E-state index contributed by atoms with van der Waals surface area (Å²) in [6.07, 6.45) is 1.63. The van der Waals surface area contributed by atoms with Crippen molar-refractivity contribution in [2.24, 2.45) is 0 Å². The van der Waals surface area contributed by atoms with Crippen LogP contribution in [0.1, 0.15) is 52.9 Å². The molecule has 0 saturated carbocycles. The van der Waals surface area contributed by atoms with Gasteiger partial charge in [0, 0.05) is 18.2 Å². The Morgan fingerprint density at radius 3 is 2.59 bits per heavy atom. The zero-order valence-corrected chi connectivity index (χ0v) is 21.2. The summed E-state index contributed by atoms with van der Waals surface area (Å²) in [4.78, 5) is 13.4. The number of hydrogen-bond donors (Lipinski definition) is 2. The van der Waals surface area contributed by atoms with Crippen molar-refractivity contribution in [2.45, 2.75) is 51.4 Å². The number of aryl methyl sites for hydroxylation is 1. The highest BCUT2D eigenvalue weighted by Crippen LogP contribution is 2.32. The molecule has 1 saturated heterocycles. The second-order valence-electron chi connectivity index (χ2n) is 9.80. The molecule has 0 radical (unpaired) electrons. The van der Waals surface area contributed by atoms with E-state index in [1.165, 1.54) is 12.1 Å². The topological polar surface area (TPSA) is 70.0 Å². The van der Waals surface area contributed by atoms with Crippen LogP contribution in [-0.4, -0.2) is 52.9 Å². The number of aliphatic hydroxyl groups excluding tert-OH is 1. The minimum absolute atomic E-state index is 0.109. The van der Waals surface area contributed by atoms with E-state index in [4.69, 9.17) is 9.84 Å². The number of hydrogen-bond acceptors (Lipinski definition) is 4. The van der Waals surface area contributed by atoms with Gasteiger partial charge in [-0.2, -0.15) is 0 Å². The maximum Gasteiger partial charge on any atom is 0.335 e. The summed E-state index contributed by atoms with van der Waals surface area (Å²) in [6.45, 7) is 5.04. The Balaban J connectivity index is 1.37. The number of benzene rings is 3. The van der Waals surface area contributed by atoms with E-state index in [1.807, 2.05) is 25.1 Å². The average Bonchev–Trinajstić information content (AvgIpc) is 3.30. The molecule has 196 valence electrons. The maximum absolute atomic E-state index is 14.7. The molecule has 7 heteroatoms. The van der Waals surface area contributed by atoms with E-state index in [2.05, 4.69) is 4.90 Å². The van der Waals surface area contributed by atoms with Crippen LogP contribution in [0.4, 0.5) is 8.78 Å². The third-order valence-electron chi connectivity index (χ3n) is 7.10. The molecule has 4 rings (SSSR count). The van der Waals surface area contributed by atoms with E-state index in [0.717, 1.165) is 43.0 Å². The Bertz CT molecular complexity index is 1250. The van der Waals surface area contributed by atoms with Gasteiger partial charge in [0.2, 0.25) is 0 Å². The zero-order chi connectivity index (χ0) is 26.5. The quantitative estimate of drug-likeness (QED) is 0.362. The number of ether oxygens (including phenoxy) is 1. The van der Waals surface area contributed by atoms with Crippen LogP contribution in [0.2, 0.25) is 0 Å². The van der Waals surface area contributed by atoms with Crippen LogP contribution < -0.4 is 0 Å². The van der Waals surface area contributed by atoms with Gasteiger partial charge in [-0.3, -0.25) is 4.90 Å². The molecule has 3 aromatic rings. The van der Waals surface area contributed by atoms with Crippen LogP contribution in [-0.2, 0) is 11.2 Å². The average molecular weight is 510 g/mol. The van der Waals surface area contributed by atoms with Crippen molar-refractivity contribution >= 4 is 5.97 Å². The number of carbonyl (C=O) groups is 1. The first-order chi connectivity index (χ1) is 17.7. The van der Waals surface area contributed by atoms with Crippen LogP contribution in [0, 0.1) is 18.6 Å². The maximum atomic E-state index is 14.7. The fourth-order valence-corrected chi connectivity index (χ4v) is 5.03. The number of rotatable bonds is 10. The Morgan fingerprint density at radius 2 is 1.86 bits per heavy atom. The molecule has 3 atom stereocenters. The molecular weight excluding hydrogens is 476 g/mol. The fourth-order valence-electron chi connectivity index (χ4n) is 5.03.